The van der Waals surface area contributed by atoms with Crippen molar-refractivity contribution in [3.8, 4) is 0 Å². The Morgan fingerprint density at radius 3 is 2.84 bits per heavy atom. The van der Waals surface area contributed by atoms with E-state index in [9.17, 15) is 4.79 Å². The zero-order valence-corrected chi connectivity index (χ0v) is 12.0. The molecule has 0 spiro atoms. The first-order chi connectivity index (χ1) is 9.11. The van der Waals surface area contributed by atoms with Crippen LogP contribution in [0.2, 0.25) is 5.02 Å². The predicted octanol–water partition coefficient (Wildman–Crippen LogP) is 4.41. The first kappa shape index (κ1) is 13.0. The van der Waals surface area contributed by atoms with E-state index in [1.165, 1.54) is 25.7 Å². The molecular formula is C16H20ClNO. The molecule has 19 heavy (non-hydrogen) atoms. The van der Waals surface area contributed by atoms with Crippen molar-refractivity contribution in [2.45, 2.75) is 39.0 Å². The monoisotopic (exact) mass is 277 g/mol. The molecule has 3 heteroatoms. The largest absolute Gasteiger partial charge is 0.326 e. The Labute approximate surface area is 119 Å². The molecule has 0 heterocycles. The normalized spacial score (nSPS) is 28.6. The third-order valence-electron chi connectivity index (χ3n) is 4.79. The summed E-state index contributed by atoms with van der Waals surface area (Å²) in [6, 6.07) is 5.59. The molecule has 0 aliphatic heterocycles. The van der Waals surface area contributed by atoms with E-state index in [0.717, 1.165) is 23.1 Å². The molecule has 0 radical (unpaired) electrons. The highest BCUT2D eigenvalue weighted by molar-refractivity contribution is 6.30. The minimum absolute atomic E-state index is 0.156. The molecule has 3 unspecified atom stereocenters. The molecule has 2 fully saturated rings. The third kappa shape index (κ3) is 2.79. The number of rotatable bonds is 3. The fourth-order valence-corrected chi connectivity index (χ4v) is 4.06. The summed E-state index contributed by atoms with van der Waals surface area (Å²) in [6.07, 6.45) is 6.03. The summed E-state index contributed by atoms with van der Waals surface area (Å²) >= 11 is 5.92. The molecule has 3 rings (SSSR count). The zero-order valence-electron chi connectivity index (χ0n) is 11.3. The Bertz CT molecular complexity index is 500. The van der Waals surface area contributed by atoms with Crippen LogP contribution in [0.3, 0.4) is 0 Å². The van der Waals surface area contributed by atoms with Crippen LogP contribution in [0.5, 0.6) is 0 Å². The summed E-state index contributed by atoms with van der Waals surface area (Å²) in [6.45, 7) is 1.97. The minimum Gasteiger partial charge on any atom is -0.326 e. The zero-order chi connectivity index (χ0) is 13.4. The Morgan fingerprint density at radius 2 is 2.21 bits per heavy atom. The van der Waals surface area contributed by atoms with Crippen molar-refractivity contribution in [1.29, 1.82) is 0 Å². The lowest BCUT2D eigenvalue weighted by molar-refractivity contribution is -0.117. The number of anilines is 1. The number of nitrogens with one attached hydrogen (secondary N) is 1. The second-order valence-corrected chi connectivity index (χ2v) is 6.58. The van der Waals surface area contributed by atoms with E-state index in [1.807, 2.05) is 25.1 Å². The summed E-state index contributed by atoms with van der Waals surface area (Å²) in [7, 11) is 0. The molecule has 1 aromatic rings. The van der Waals surface area contributed by atoms with E-state index >= 15 is 0 Å². The standard InChI is InChI=1S/C16H20ClNO/c1-10-6-14(17)4-5-15(10)18-16(19)9-13-8-11-2-3-12(13)7-11/h4-6,11-13H,2-3,7-9H2,1H3,(H,18,19). The lowest BCUT2D eigenvalue weighted by atomic mass is 9.86. The van der Waals surface area contributed by atoms with Gasteiger partial charge in [0.05, 0.1) is 0 Å². The minimum atomic E-state index is 0.156. The van der Waals surface area contributed by atoms with Crippen molar-refractivity contribution in [2.24, 2.45) is 17.8 Å². The van der Waals surface area contributed by atoms with Gasteiger partial charge in [-0.15, -0.1) is 0 Å². The molecule has 2 nitrogen and oxygen atoms in total. The van der Waals surface area contributed by atoms with Crippen molar-refractivity contribution < 1.29 is 4.79 Å². The number of carbonyl (C=O) groups excluding carboxylic acids is 1. The highest BCUT2D eigenvalue weighted by Gasteiger charge is 2.40. The van der Waals surface area contributed by atoms with Crippen LogP contribution in [-0.2, 0) is 4.79 Å². The maximum atomic E-state index is 12.1. The molecule has 1 N–H and O–H groups in total. The number of amides is 1. The molecule has 1 amide bonds. The van der Waals surface area contributed by atoms with E-state index in [2.05, 4.69) is 5.32 Å². The fourth-order valence-electron chi connectivity index (χ4n) is 3.83. The highest BCUT2D eigenvalue weighted by atomic mass is 35.5. The Hall–Kier alpha value is -1.02. The number of aryl methyl sites for hydroxylation is 1. The van der Waals surface area contributed by atoms with Crippen LogP contribution in [0.1, 0.15) is 37.7 Å². The Morgan fingerprint density at radius 1 is 1.37 bits per heavy atom. The Balaban J connectivity index is 1.59. The van der Waals surface area contributed by atoms with Gasteiger partial charge in [0.25, 0.3) is 0 Å². The molecule has 102 valence electrons. The van der Waals surface area contributed by atoms with E-state index < -0.39 is 0 Å². The van der Waals surface area contributed by atoms with Crippen LogP contribution in [-0.4, -0.2) is 5.91 Å². The first-order valence-corrected chi connectivity index (χ1v) is 7.55. The van der Waals surface area contributed by atoms with Gasteiger partial charge >= 0.3 is 0 Å². The van der Waals surface area contributed by atoms with Gasteiger partial charge in [0.2, 0.25) is 5.91 Å². The lowest BCUT2D eigenvalue weighted by Crippen LogP contribution is -2.20. The van der Waals surface area contributed by atoms with Crippen LogP contribution < -0.4 is 5.32 Å². The predicted molar refractivity (Wildman–Crippen MR) is 78.4 cm³/mol. The fraction of sp³-hybridized carbons (Fsp3) is 0.562. The summed E-state index contributed by atoms with van der Waals surface area (Å²) < 4.78 is 0. The third-order valence-corrected chi connectivity index (χ3v) is 5.03. The van der Waals surface area contributed by atoms with Crippen molar-refractivity contribution in [2.75, 3.05) is 5.32 Å². The topological polar surface area (TPSA) is 29.1 Å². The van der Waals surface area contributed by atoms with E-state index in [-0.39, 0.29) is 5.91 Å². The van der Waals surface area contributed by atoms with Crippen LogP contribution in [0.4, 0.5) is 5.69 Å². The van der Waals surface area contributed by atoms with Gasteiger partial charge in [0.15, 0.2) is 0 Å². The van der Waals surface area contributed by atoms with Gasteiger partial charge in [-0.2, -0.15) is 0 Å². The molecule has 2 aliphatic rings. The number of hydrogen-bond donors (Lipinski definition) is 1. The van der Waals surface area contributed by atoms with Crippen LogP contribution in [0.25, 0.3) is 0 Å². The Kier molecular flexibility index (Phi) is 3.53. The summed E-state index contributed by atoms with van der Waals surface area (Å²) in [5, 5.41) is 3.74. The molecule has 0 saturated heterocycles. The average Bonchev–Trinajstić information content (AvgIpc) is 2.95. The van der Waals surface area contributed by atoms with Crippen molar-refractivity contribution in [3.05, 3.63) is 28.8 Å². The van der Waals surface area contributed by atoms with Crippen molar-refractivity contribution >= 4 is 23.2 Å². The molecule has 0 aromatic heterocycles. The summed E-state index contributed by atoms with van der Waals surface area (Å²) in [4.78, 5) is 12.1. The number of benzene rings is 1. The van der Waals surface area contributed by atoms with E-state index in [1.54, 1.807) is 0 Å². The summed E-state index contributed by atoms with van der Waals surface area (Å²) in [5.74, 6) is 2.48. The molecule has 2 saturated carbocycles. The second kappa shape index (κ2) is 5.16. The van der Waals surface area contributed by atoms with Gasteiger partial charge in [-0.1, -0.05) is 18.0 Å². The SMILES string of the molecule is Cc1cc(Cl)ccc1NC(=O)CC1CC2CCC1C2. The second-order valence-electron chi connectivity index (χ2n) is 6.15. The number of hydrogen-bond acceptors (Lipinski definition) is 1. The van der Waals surface area contributed by atoms with Crippen LogP contribution >= 0.6 is 11.6 Å². The lowest BCUT2D eigenvalue weighted by Gasteiger charge is -2.21. The van der Waals surface area contributed by atoms with Gasteiger partial charge in [0.1, 0.15) is 0 Å². The van der Waals surface area contributed by atoms with Crippen molar-refractivity contribution in [3.63, 3.8) is 0 Å². The molecule has 2 aliphatic carbocycles. The highest BCUT2D eigenvalue weighted by Crippen LogP contribution is 2.49. The van der Waals surface area contributed by atoms with Gasteiger partial charge in [-0.3, -0.25) is 4.79 Å². The van der Waals surface area contributed by atoms with Gasteiger partial charge in [-0.05, 0) is 67.7 Å². The smallest absolute Gasteiger partial charge is 0.224 e. The van der Waals surface area contributed by atoms with Crippen LogP contribution in [0.15, 0.2) is 18.2 Å². The number of carbonyl (C=O) groups is 1. The molecular weight excluding hydrogens is 258 g/mol. The quantitative estimate of drug-likeness (QED) is 0.871. The average molecular weight is 278 g/mol. The van der Waals surface area contributed by atoms with Gasteiger partial charge in [0, 0.05) is 17.1 Å². The van der Waals surface area contributed by atoms with Crippen molar-refractivity contribution in [1.82, 2.24) is 0 Å². The number of fused-ring (bicyclic) bond motifs is 2. The summed E-state index contributed by atoms with van der Waals surface area (Å²) in [5.41, 5.74) is 1.91. The number of halogens is 1. The van der Waals surface area contributed by atoms with E-state index in [4.69, 9.17) is 11.6 Å². The maximum Gasteiger partial charge on any atom is 0.224 e. The van der Waals surface area contributed by atoms with Crippen LogP contribution in [0, 0.1) is 24.7 Å². The molecule has 1 aromatic carbocycles. The molecule has 2 bridgehead atoms. The van der Waals surface area contributed by atoms with Gasteiger partial charge < -0.3 is 5.32 Å². The molecule has 3 atom stereocenters. The van der Waals surface area contributed by atoms with Gasteiger partial charge in [-0.25, -0.2) is 0 Å². The maximum absolute atomic E-state index is 12.1. The van der Waals surface area contributed by atoms with E-state index in [0.29, 0.717) is 17.4 Å². The first-order valence-electron chi connectivity index (χ1n) is 7.18.